The maximum Gasteiger partial charge on any atom is 0.153 e. The molecule has 0 aliphatic rings. The highest BCUT2D eigenvalue weighted by Gasteiger charge is 2.01. The molecule has 0 fully saturated rings. The number of rotatable bonds is 3. The number of nitrogens with one attached hydrogen (secondary N) is 1. The van der Waals surface area contributed by atoms with Gasteiger partial charge in [-0.25, -0.2) is 4.39 Å². The van der Waals surface area contributed by atoms with E-state index in [-0.39, 0.29) is 5.82 Å². The van der Waals surface area contributed by atoms with Gasteiger partial charge in [0.05, 0.1) is 5.69 Å². The molecule has 0 amide bonds. The second-order valence-electron chi connectivity index (χ2n) is 4.30. The minimum Gasteiger partial charge on any atom is -0.339 e. The van der Waals surface area contributed by atoms with Crippen molar-refractivity contribution in [3.05, 3.63) is 72.5 Å². The molecular formula is C16H12FN3. The molecular weight excluding hydrogens is 253 g/mol. The molecule has 1 N–H and O–H groups in total. The maximum absolute atomic E-state index is 12.8. The summed E-state index contributed by atoms with van der Waals surface area (Å²) >= 11 is 0. The van der Waals surface area contributed by atoms with Crippen molar-refractivity contribution in [2.24, 2.45) is 0 Å². The van der Waals surface area contributed by atoms with Crippen LogP contribution in [0, 0.1) is 5.82 Å². The lowest BCUT2D eigenvalue weighted by atomic mass is 10.1. The van der Waals surface area contributed by atoms with E-state index in [1.54, 1.807) is 12.1 Å². The first-order valence-electron chi connectivity index (χ1n) is 6.23. The third-order valence-corrected chi connectivity index (χ3v) is 2.85. The van der Waals surface area contributed by atoms with Crippen LogP contribution in [0.5, 0.6) is 0 Å². The normalized spacial score (nSPS) is 10.2. The summed E-state index contributed by atoms with van der Waals surface area (Å²) in [7, 11) is 0. The molecule has 0 bridgehead atoms. The van der Waals surface area contributed by atoms with Gasteiger partial charge in [-0.05, 0) is 36.4 Å². The average molecular weight is 265 g/mol. The van der Waals surface area contributed by atoms with E-state index in [4.69, 9.17) is 0 Å². The van der Waals surface area contributed by atoms with E-state index in [2.05, 4.69) is 15.5 Å². The van der Waals surface area contributed by atoms with E-state index in [1.165, 1.54) is 12.1 Å². The van der Waals surface area contributed by atoms with Crippen molar-refractivity contribution in [2.75, 3.05) is 5.32 Å². The topological polar surface area (TPSA) is 37.8 Å². The number of aromatic nitrogens is 2. The van der Waals surface area contributed by atoms with Crippen molar-refractivity contribution in [2.45, 2.75) is 0 Å². The highest BCUT2D eigenvalue weighted by Crippen LogP contribution is 2.18. The fraction of sp³-hybridized carbons (Fsp3) is 0. The minimum absolute atomic E-state index is 0.263. The van der Waals surface area contributed by atoms with E-state index >= 15 is 0 Å². The second-order valence-corrected chi connectivity index (χ2v) is 4.30. The van der Waals surface area contributed by atoms with Gasteiger partial charge in [0, 0.05) is 11.3 Å². The summed E-state index contributed by atoms with van der Waals surface area (Å²) in [5.74, 6) is 0.359. The third kappa shape index (κ3) is 2.80. The quantitative estimate of drug-likeness (QED) is 0.777. The van der Waals surface area contributed by atoms with Gasteiger partial charge in [-0.3, -0.25) is 0 Å². The minimum atomic E-state index is -0.263. The van der Waals surface area contributed by atoms with E-state index < -0.39 is 0 Å². The van der Waals surface area contributed by atoms with Crippen molar-refractivity contribution < 1.29 is 4.39 Å². The van der Waals surface area contributed by atoms with Crippen molar-refractivity contribution in [1.29, 1.82) is 0 Å². The molecule has 3 aromatic rings. The van der Waals surface area contributed by atoms with Crippen LogP contribution < -0.4 is 5.32 Å². The first-order valence-corrected chi connectivity index (χ1v) is 6.23. The molecule has 20 heavy (non-hydrogen) atoms. The molecule has 0 spiro atoms. The van der Waals surface area contributed by atoms with Gasteiger partial charge in [-0.1, -0.05) is 30.3 Å². The summed E-state index contributed by atoms with van der Waals surface area (Å²) in [5.41, 5.74) is 2.61. The lowest BCUT2D eigenvalue weighted by Crippen LogP contribution is -1.96. The van der Waals surface area contributed by atoms with Crippen LogP contribution >= 0.6 is 0 Å². The molecule has 4 heteroatoms. The molecule has 98 valence electrons. The van der Waals surface area contributed by atoms with Crippen LogP contribution in [0.2, 0.25) is 0 Å². The Balaban J connectivity index is 1.78. The zero-order chi connectivity index (χ0) is 13.8. The number of hydrogen-bond acceptors (Lipinski definition) is 3. The standard InChI is InChI=1S/C16H12FN3/c17-13-6-8-14(9-7-13)18-16-11-10-15(19-20-16)12-4-2-1-3-5-12/h1-11H,(H,18,20). The molecule has 0 radical (unpaired) electrons. The zero-order valence-electron chi connectivity index (χ0n) is 10.6. The first-order chi connectivity index (χ1) is 9.81. The molecule has 1 aromatic heterocycles. The number of anilines is 2. The molecule has 3 nitrogen and oxygen atoms in total. The first kappa shape index (κ1) is 12.3. The molecule has 0 atom stereocenters. The fourth-order valence-electron chi connectivity index (χ4n) is 1.84. The summed E-state index contributed by atoms with van der Waals surface area (Å²) in [6.07, 6.45) is 0. The summed E-state index contributed by atoms with van der Waals surface area (Å²) in [6.45, 7) is 0. The van der Waals surface area contributed by atoms with Gasteiger partial charge >= 0.3 is 0 Å². The number of nitrogens with zero attached hydrogens (tertiary/aromatic N) is 2. The Hall–Kier alpha value is -2.75. The van der Waals surface area contributed by atoms with E-state index in [9.17, 15) is 4.39 Å². The summed E-state index contributed by atoms with van der Waals surface area (Å²) < 4.78 is 12.8. The summed E-state index contributed by atoms with van der Waals surface area (Å²) in [5, 5.41) is 11.4. The highest BCUT2D eigenvalue weighted by molar-refractivity contribution is 5.61. The van der Waals surface area contributed by atoms with Crippen LogP contribution in [0.3, 0.4) is 0 Å². The van der Waals surface area contributed by atoms with Crippen LogP contribution in [-0.2, 0) is 0 Å². The molecule has 0 unspecified atom stereocenters. The molecule has 0 saturated heterocycles. The van der Waals surface area contributed by atoms with Gasteiger partial charge in [0.15, 0.2) is 5.82 Å². The third-order valence-electron chi connectivity index (χ3n) is 2.85. The zero-order valence-corrected chi connectivity index (χ0v) is 10.6. The molecule has 3 rings (SSSR count). The largest absolute Gasteiger partial charge is 0.339 e. The predicted molar refractivity (Wildman–Crippen MR) is 77.2 cm³/mol. The van der Waals surface area contributed by atoms with Gasteiger partial charge in [0.2, 0.25) is 0 Å². The molecule has 0 aliphatic heterocycles. The van der Waals surface area contributed by atoms with Crippen LogP contribution in [0.25, 0.3) is 11.3 Å². The Morgan fingerprint density at radius 1 is 0.750 bits per heavy atom. The van der Waals surface area contributed by atoms with Crippen LogP contribution in [0.15, 0.2) is 66.7 Å². The van der Waals surface area contributed by atoms with Crippen molar-refractivity contribution in [1.82, 2.24) is 10.2 Å². The molecule has 1 heterocycles. The second kappa shape index (κ2) is 5.48. The van der Waals surface area contributed by atoms with Gasteiger partial charge in [0.1, 0.15) is 5.82 Å². The smallest absolute Gasteiger partial charge is 0.153 e. The Kier molecular flexibility index (Phi) is 3.37. The lowest BCUT2D eigenvalue weighted by molar-refractivity contribution is 0.628. The monoisotopic (exact) mass is 265 g/mol. The van der Waals surface area contributed by atoms with Crippen LogP contribution in [0.4, 0.5) is 15.9 Å². The number of hydrogen-bond donors (Lipinski definition) is 1. The lowest BCUT2D eigenvalue weighted by Gasteiger charge is -2.05. The molecule has 0 aliphatic carbocycles. The van der Waals surface area contributed by atoms with Crippen LogP contribution in [-0.4, -0.2) is 10.2 Å². The highest BCUT2D eigenvalue weighted by atomic mass is 19.1. The summed E-state index contributed by atoms with van der Waals surface area (Å²) in [4.78, 5) is 0. The van der Waals surface area contributed by atoms with Crippen molar-refractivity contribution in [3.8, 4) is 11.3 Å². The SMILES string of the molecule is Fc1ccc(Nc2ccc(-c3ccccc3)nn2)cc1. The summed E-state index contributed by atoms with van der Waals surface area (Å²) in [6, 6.07) is 19.7. The van der Waals surface area contributed by atoms with Gasteiger partial charge in [0.25, 0.3) is 0 Å². The van der Waals surface area contributed by atoms with Crippen LogP contribution in [0.1, 0.15) is 0 Å². The predicted octanol–water partition coefficient (Wildman–Crippen LogP) is 4.03. The fourth-order valence-corrected chi connectivity index (χ4v) is 1.84. The Morgan fingerprint density at radius 3 is 2.15 bits per heavy atom. The Bertz CT molecular complexity index is 679. The Morgan fingerprint density at radius 2 is 1.50 bits per heavy atom. The molecule has 2 aromatic carbocycles. The van der Waals surface area contributed by atoms with Gasteiger partial charge < -0.3 is 5.32 Å². The van der Waals surface area contributed by atoms with E-state index in [0.29, 0.717) is 5.82 Å². The molecule has 0 saturated carbocycles. The number of halogens is 1. The van der Waals surface area contributed by atoms with Gasteiger partial charge in [-0.15, -0.1) is 10.2 Å². The van der Waals surface area contributed by atoms with E-state index in [0.717, 1.165) is 16.9 Å². The maximum atomic E-state index is 12.8. The van der Waals surface area contributed by atoms with Crippen molar-refractivity contribution in [3.63, 3.8) is 0 Å². The van der Waals surface area contributed by atoms with E-state index in [1.807, 2.05) is 42.5 Å². The number of benzene rings is 2. The van der Waals surface area contributed by atoms with Crippen molar-refractivity contribution >= 4 is 11.5 Å². The van der Waals surface area contributed by atoms with Gasteiger partial charge in [-0.2, -0.15) is 0 Å². The average Bonchev–Trinajstić information content (AvgIpc) is 2.51. The Labute approximate surface area is 116 Å².